The molecule has 2 aromatic rings. The van der Waals surface area contributed by atoms with Crippen LogP contribution in [0.2, 0.25) is 0 Å². The van der Waals surface area contributed by atoms with Crippen LogP contribution in [0.3, 0.4) is 0 Å². The Kier molecular flexibility index (Phi) is 4.17. The number of nitrogens with zero attached hydrogens (tertiary/aromatic N) is 1. The van der Waals surface area contributed by atoms with E-state index < -0.39 is 10.0 Å². The Morgan fingerprint density at radius 1 is 1.35 bits per heavy atom. The van der Waals surface area contributed by atoms with Crippen LogP contribution >= 0.6 is 11.3 Å². The fourth-order valence-electron chi connectivity index (χ4n) is 1.74. The van der Waals surface area contributed by atoms with Crippen molar-refractivity contribution in [2.24, 2.45) is 0 Å². The zero-order valence-electron chi connectivity index (χ0n) is 11.8. The Balaban J connectivity index is 2.30. The number of aryl methyl sites for hydroxylation is 3. The molecule has 0 saturated carbocycles. The standard InChI is InChI=1S/C12H17N3O3S2/c1-7-9(3)19-12(14-7)15-20(16,17)11-5-10(6-13-4)18-8(11)2/h5,13H,6H2,1-4H3,(H,14,15). The Labute approximate surface area is 122 Å². The van der Waals surface area contributed by atoms with Crippen molar-refractivity contribution in [1.82, 2.24) is 10.3 Å². The lowest BCUT2D eigenvalue weighted by molar-refractivity contribution is 0.466. The van der Waals surface area contributed by atoms with Crippen molar-refractivity contribution in [2.75, 3.05) is 11.8 Å². The molecule has 0 amide bonds. The number of furan rings is 1. The number of nitrogens with one attached hydrogen (secondary N) is 2. The van der Waals surface area contributed by atoms with Gasteiger partial charge in [0.15, 0.2) is 5.13 Å². The van der Waals surface area contributed by atoms with Crippen molar-refractivity contribution in [3.8, 4) is 0 Å². The lowest BCUT2D eigenvalue weighted by Crippen LogP contribution is -2.13. The van der Waals surface area contributed by atoms with Crippen LogP contribution < -0.4 is 10.0 Å². The van der Waals surface area contributed by atoms with Crippen LogP contribution in [0.15, 0.2) is 15.4 Å². The summed E-state index contributed by atoms with van der Waals surface area (Å²) >= 11 is 1.31. The number of sulfonamides is 1. The van der Waals surface area contributed by atoms with Gasteiger partial charge in [-0.3, -0.25) is 4.72 Å². The third kappa shape index (κ3) is 3.02. The second-order valence-electron chi connectivity index (χ2n) is 4.43. The van der Waals surface area contributed by atoms with Crippen LogP contribution in [-0.4, -0.2) is 20.4 Å². The molecule has 2 rings (SSSR count). The predicted octanol–water partition coefficient (Wildman–Crippen LogP) is 2.18. The molecule has 2 N–H and O–H groups in total. The molecule has 110 valence electrons. The highest BCUT2D eigenvalue weighted by atomic mass is 32.2. The molecule has 2 aromatic heterocycles. The lowest BCUT2D eigenvalue weighted by Gasteiger charge is -2.02. The highest BCUT2D eigenvalue weighted by Crippen LogP contribution is 2.26. The molecule has 8 heteroatoms. The molecule has 0 radical (unpaired) electrons. The molecule has 0 bridgehead atoms. The second-order valence-corrected chi connectivity index (χ2v) is 7.28. The maximum atomic E-state index is 12.3. The number of thiazole rings is 1. The van der Waals surface area contributed by atoms with E-state index in [1.807, 2.05) is 13.8 Å². The zero-order chi connectivity index (χ0) is 14.9. The summed E-state index contributed by atoms with van der Waals surface area (Å²) in [7, 11) is -1.90. The largest absolute Gasteiger partial charge is 0.464 e. The van der Waals surface area contributed by atoms with Crippen molar-refractivity contribution >= 4 is 26.5 Å². The van der Waals surface area contributed by atoms with E-state index in [4.69, 9.17) is 4.42 Å². The molecule has 0 aliphatic heterocycles. The number of rotatable bonds is 5. The molecule has 0 spiro atoms. The van der Waals surface area contributed by atoms with Crippen LogP contribution in [0.5, 0.6) is 0 Å². The van der Waals surface area contributed by atoms with Gasteiger partial charge >= 0.3 is 0 Å². The Bertz CT molecular complexity index is 697. The van der Waals surface area contributed by atoms with E-state index in [1.54, 1.807) is 14.0 Å². The molecule has 0 saturated heterocycles. The molecule has 6 nitrogen and oxygen atoms in total. The fraction of sp³-hybridized carbons (Fsp3) is 0.417. The van der Waals surface area contributed by atoms with Crippen LogP contribution in [-0.2, 0) is 16.6 Å². The van der Waals surface area contributed by atoms with Crippen molar-refractivity contribution in [2.45, 2.75) is 32.2 Å². The summed E-state index contributed by atoms with van der Waals surface area (Å²) in [5.41, 5.74) is 0.826. The molecule has 20 heavy (non-hydrogen) atoms. The lowest BCUT2D eigenvalue weighted by atomic mass is 10.4. The summed E-state index contributed by atoms with van der Waals surface area (Å²) in [5, 5.41) is 3.29. The van der Waals surface area contributed by atoms with Gasteiger partial charge in [-0.25, -0.2) is 13.4 Å². The van der Waals surface area contributed by atoms with Crippen molar-refractivity contribution in [3.63, 3.8) is 0 Å². The van der Waals surface area contributed by atoms with Crippen LogP contribution in [0.25, 0.3) is 0 Å². The molecular formula is C12H17N3O3S2. The van der Waals surface area contributed by atoms with Gasteiger partial charge in [0.05, 0.1) is 12.2 Å². The highest BCUT2D eigenvalue weighted by molar-refractivity contribution is 7.93. The van der Waals surface area contributed by atoms with Crippen molar-refractivity contribution < 1.29 is 12.8 Å². The van der Waals surface area contributed by atoms with E-state index in [2.05, 4.69) is 15.0 Å². The van der Waals surface area contributed by atoms with Gasteiger partial charge in [-0.05, 0) is 27.8 Å². The molecule has 0 aromatic carbocycles. The van der Waals surface area contributed by atoms with E-state index in [-0.39, 0.29) is 4.90 Å². The van der Waals surface area contributed by atoms with Crippen molar-refractivity contribution in [3.05, 3.63) is 28.2 Å². The summed E-state index contributed by atoms with van der Waals surface area (Å²) in [6.45, 7) is 5.86. The number of anilines is 1. The first kappa shape index (κ1) is 15.0. The van der Waals surface area contributed by atoms with Gasteiger partial charge in [-0.15, -0.1) is 11.3 Å². The molecule has 2 heterocycles. The number of hydrogen-bond acceptors (Lipinski definition) is 6. The SMILES string of the molecule is CNCc1cc(S(=O)(=O)Nc2nc(C)c(C)s2)c(C)o1. The molecular weight excluding hydrogens is 298 g/mol. The predicted molar refractivity (Wildman–Crippen MR) is 78.6 cm³/mol. The maximum Gasteiger partial charge on any atom is 0.267 e. The topological polar surface area (TPSA) is 84.2 Å². The average molecular weight is 315 g/mol. The molecule has 0 aliphatic rings. The third-order valence-electron chi connectivity index (χ3n) is 2.81. The Morgan fingerprint density at radius 3 is 2.60 bits per heavy atom. The number of aromatic nitrogens is 1. The van der Waals surface area contributed by atoms with Crippen LogP contribution in [0.4, 0.5) is 5.13 Å². The van der Waals surface area contributed by atoms with Crippen LogP contribution in [0, 0.1) is 20.8 Å². The van der Waals surface area contributed by atoms with Crippen molar-refractivity contribution in [1.29, 1.82) is 0 Å². The monoisotopic (exact) mass is 315 g/mol. The van der Waals surface area contributed by atoms with Gasteiger partial charge < -0.3 is 9.73 Å². The van der Waals surface area contributed by atoms with Gasteiger partial charge in [-0.1, -0.05) is 0 Å². The normalized spacial score (nSPS) is 11.8. The molecule has 0 fully saturated rings. The zero-order valence-corrected chi connectivity index (χ0v) is 13.4. The van der Waals surface area contributed by atoms with Gasteiger partial charge in [0.1, 0.15) is 16.4 Å². The van der Waals surface area contributed by atoms with Crippen LogP contribution in [0.1, 0.15) is 22.1 Å². The minimum Gasteiger partial charge on any atom is -0.464 e. The quantitative estimate of drug-likeness (QED) is 0.883. The Hall–Kier alpha value is -1.38. The summed E-state index contributed by atoms with van der Waals surface area (Å²) in [5.74, 6) is 0.949. The summed E-state index contributed by atoms with van der Waals surface area (Å²) in [6, 6.07) is 1.53. The average Bonchev–Trinajstić information content (AvgIpc) is 2.83. The fourth-order valence-corrected chi connectivity index (χ4v) is 3.99. The maximum absolute atomic E-state index is 12.3. The van der Waals surface area contributed by atoms with E-state index in [0.717, 1.165) is 10.6 Å². The van der Waals surface area contributed by atoms with Gasteiger partial charge in [0, 0.05) is 10.9 Å². The smallest absolute Gasteiger partial charge is 0.267 e. The first-order chi connectivity index (χ1) is 9.33. The van der Waals surface area contributed by atoms with Gasteiger partial charge in [0.2, 0.25) is 0 Å². The number of hydrogen-bond donors (Lipinski definition) is 2. The molecule has 0 atom stereocenters. The Morgan fingerprint density at radius 2 is 2.05 bits per heavy atom. The highest BCUT2D eigenvalue weighted by Gasteiger charge is 2.22. The third-order valence-corrected chi connectivity index (χ3v) is 5.38. The van der Waals surface area contributed by atoms with Gasteiger partial charge in [0.25, 0.3) is 10.0 Å². The minimum atomic E-state index is -3.67. The first-order valence-corrected chi connectivity index (χ1v) is 8.34. The molecule has 0 aliphatic carbocycles. The minimum absolute atomic E-state index is 0.147. The first-order valence-electron chi connectivity index (χ1n) is 6.04. The second kappa shape index (κ2) is 5.55. The van der Waals surface area contributed by atoms with E-state index in [9.17, 15) is 8.42 Å². The van der Waals surface area contributed by atoms with E-state index in [1.165, 1.54) is 17.4 Å². The summed E-state index contributed by atoms with van der Waals surface area (Å²) < 4.78 is 32.6. The van der Waals surface area contributed by atoms with E-state index in [0.29, 0.717) is 23.2 Å². The summed E-state index contributed by atoms with van der Waals surface area (Å²) in [4.78, 5) is 5.31. The molecule has 0 unspecified atom stereocenters. The summed E-state index contributed by atoms with van der Waals surface area (Å²) in [6.07, 6.45) is 0. The van der Waals surface area contributed by atoms with E-state index >= 15 is 0 Å². The van der Waals surface area contributed by atoms with Gasteiger partial charge in [-0.2, -0.15) is 0 Å².